The molecule has 7 heteroatoms. The zero-order valence-electron chi connectivity index (χ0n) is 14.3. The summed E-state index contributed by atoms with van der Waals surface area (Å²) in [4.78, 5) is 4.53. The van der Waals surface area contributed by atoms with Crippen molar-refractivity contribution < 1.29 is 18.7 Å². The number of nitrogens with two attached hydrogens (primary N) is 1. The molecule has 7 nitrogen and oxygen atoms in total. The van der Waals surface area contributed by atoms with E-state index in [1.165, 1.54) is 6.42 Å². The van der Waals surface area contributed by atoms with Crippen molar-refractivity contribution in [2.24, 2.45) is 5.73 Å². The second kappa shape index (κ2) is 6.68. The first-order chi connectivity index (χ1) is 11.6. The molecule has 3 rings (SSSR count). The Hall–Kier alpha value is -2.28. The lowest BCUT2D eigenvalue weighted by Gasteiger charge is -2.29. The molecule has 0 unspecified atom stereocenters. The fraction of sp³-hybridized carbons (Fsp3) is 0.529. The maximum absolute atomic E-state index is 6.48. The van der Waals surface area contributed by atoms with Crippen molar-refractivity contribution in [2.75, 3.05) is 21.3 Å². The zero-order chi connectivity index (χ0) is 17.2. The highest BCUT2D eigenvalue weighted by Gasteiger charge is 2.34. The van der Waals surface area contributed by atoms with Crippen LogP contribution in [0.15, 0.2) is 16.7 Å². The van der Waals surface area contributed by atoms with Gasteiger partial charge in [0.1, 0.15) is 0 Å². The lowest BCUT2D eigenvalue weighted by atomic mass is 9.82. The van der Waals surface area contributed by atoms with Gasteiger partial charge < -0.3 is 24.5 Å². The van der Waals surface area contributed by atoms with E-state index in [4.69, 9.17) is 24.5 Å². The predicted octanol–water partition coefficient (Wildman–Crippen LogP) is 2.88. The number of aromatic nitrogens is 2. The van der Waals surface area contributed by atoms with Gasteiger partial charge in [-0.05, 0) is 25.0 Å². The van der Waals surface area contributed by atoms with Crippen LogP contribution in [0.3, 0.4) is 0 Å². The Labute approximate surface area is 141 Å². The molecule has 2 N–H and O–H groups in total. The Morgan fingerprint density at radius 1 is 1.00 bits per heavy atom. The molecule has 1 aromatic heterocycles. The third kappa shape index (κ3) is 2.91. The molecule has 1 aromatic carbocycles. The quantitative estimate of drug-likeness (QED) is 0.899. The first-order valence-corrected chi connectivity index (χ1v) is 8.05. The molecule has 0 spiro atoms. The summed E-state index contributed by atoms with van der Waals surface area (Å²) in [5.74, 6) is 2.54. The maximum Gasteiger partial charge on any atom is 0.258 e. The molecule has 2 aromatic rings. The summed E-state index contributed by atoms with van der Waals surface area (Å²) >= 11 is 0. The Bertz CT molecular complexity index is 683. The van der Waals surface area contributed by atoms with Gasteiger partial charge in [-0.3, -0.25) is 0 Å². The smallest absolute Gasteiger partial charge is 0.258 e. The van der Waals surface area contributed by atoms with Crippen molar-refractivity contribution in [1.29, 1.82) is 0 Å². The van der Waals surface area contributed by atoms with Crippen LogP contribution >= 0.6 is 0 Å². The van der Waals surface area contributed by atoms with E-state index in [1.54, 1.807) is 33.5 Å². The summed E-state index contributed by atoms with van der Waals surface area (Å²) in [6.07, 6.45) is 5.13. The van der Waals surface area contributed by atoms with Crippen molar-refractivity contribution >= 4 is 0 Å². The largest absolute Gasteiger partial charge is 0.493 e. The minimum Gasteiger partial charge on any atom is -0.493 e. The van der Waals surface area contributed by atoms with Crippen molar-refractivity contribution in [2.45, 2.75) is 37.6 Å². The van der Waals surface area contributed by atoms with E-state index in [1.807, 2.05) is 0 Å². The number of nitrogens with zero attached hydrogens (tertiary/aromatic N) is 2. The van der Waals surface area contributed by atoms with Gasteiger partial charge in [-0.1, -0.05) is 24.4 Å². The third-order valence-corrected chi connectivity index (χ3v) is 4.53. The van der Waals surface area contributed by atoms with Crippen molar-refractivity contribution in [3.8, 4) is 28.7 Å². The average Bonchev–Trinajstić information content (AvgIpc) is 3.12. The van der Waals surface area contributed by atoms with E-state index in [0.717, 1.165) is 25.7 Å². The lowest BCUT2D eigenvalue weighted by molar-refractivity contribution is 0.275. The van der Waals surface area contributed by atoms with Gasteiger partial charge in [-0.15, -0.1) is 0 Å². The van der Waals surface area contributed by atoms with E-state index in [0.29, 0.717) is 34.5 Å². The van der Waals surface area contributed by atoms with Crippen molar-refractivity contribution in [3.63, 3.8) is 0 Å². The van der Waals surface area contributed by atoms with Crippen molar-refractivity contribution in [3.05, 3.63) is 18.0 Å². The highest BCUT2D eigenvalue weighted by atomic mass is 16.5. The van der Waals surface area contributed by atoms with Crippen LogP contribution in [0.5, 0.6) is 17.2 Å². The minimum absolute atomic E-state index is 0.389. The molecule has 130 valence electrons. The van der Waals surface area contributed by atoms with Crippen LogP contribution in [0.4, 0.5) is 0 Å². The lowest BCUT2D eigenvalue weighted by Crippen LogP contribution is -2.39. The summed E-state index contributed by atoms with van der Waals surface area (Å²) in [7, 11) is 4.69. The Kier molecular flexibility index (Phi) is 4.62. The maximum atomic E-state index is 6.48. The fourth-order valence-corrected chi connectivity index (χ4v) is 3.15. The van der Waals surface area contributed by atoms with Gasteiger partial charge in [-0.2, -0.15) is 4.98 Å². The summed E-state index contributed by atoms with van der Waals surface area (Å²) in [6.45, 7) is 0. The Morgan fingerprint density at radius 3 is 2.17 bits per heavy atom. The van der Waals surface area contributed by atoms with Gasteiger partial charge in [0.15, 0.2) is 17.3 Å². The van der Waals surface area contributed by atoms with Gasteiger partial charge in [0.2, 0.25) is 5.75 Å². The molecule has 0 bridgehead atoms. The van der Waals surface area contributed by atoms with Crippen LogP contribution in [-0.4, -0.2) is 31.5 Å². The molecular formula is C17H23N3O4. The van der Waals surface area contributed by atoms with Gasteiger partial charge >= 0.3 is 0 Å². The van der Waals surface area contributed by atoms with E-state index in [9.17, 15) is 0 Å². The van der Waals surface area contributed by atoms with E-state index in [-0.39, 0.29) is 0 Å². The van der Waals surface area contributed by atoms with Crippen LogP contribution < -0.4 is 19.9 Å². The highest BCUT2D eigenvalue weighted by molar-refractivity contribution is 5.65. The molecule has 0 aliphatic heterocycles. The van der Waals surface area contributed by atoms with Gasteiger partial charge in [0.25, 0.3) is 5.89 Å². The van der Waals surface area contributed by atoms with E-state index < -0.39 is 5.54 Å². The van der Waals surface area contributed by atoms with Gasteiger partial charge in [0.05, 0.1) is 26.9 Å². The molecule has 1 saturated carbocycles. The van der Waals surface area contributed by atoms with Crippen LogP contribution in [0.1, 0.15) is 37.9 Å². The summed E-state index contributed by atoms with van der Waals surface area (Å²) < 4.78 is 21.5. The van der Waals surface area contributed by atoms with E-state index >= 15 is 0 Å². The standard InChI is InChI=1S/C17H23N3O4/c1-21-12-9-11(10-13(22-2)14(12)23-3)15-19-16(20-24-15)17(18)7-5-4-6-8-17/h9-10H,4-8,18H2,1-3H3. The molecule has 1 aliphatic rings. The first-order valence-electron chi connectivity index (χ1n) is 8.05. The second-order valence-electron chi connectivity index (χ2n) is 6.05. The molecule has 0 atom stereocenters. The average molecular weight is 333 g/mol. The van der Waals surface area contributed by atoms with Crippen LogP contribution in [-0.2, 0) is 5.54 Å². The third-order valence-electron chi connectivity index (χ3n) is 4.53. The highest BCUT2D eigenvalue weighted by Crippen LogP contribution is 2.41. The summed E-state index contributed by atoms with van der Waals surface area (Å²) in [6, 6.07) is 3.56. The monoisotopic (exact) mass is 333 g/mol. The SMILES string of the molecule is COc1cc(-c2nc(C3(N)CCCCC3)no2)cc(OC)c1OC. The zero-order valence-corrected chi connectivity index (χ0v) is 14.3. The summed E-state index contributed by atoms with van der Waals surface area (Å²) in [5, 5.41) is 4.12. The number of hydrogen-bond acceptors (Lipinski definition) is 7. The first kappa shape index (κ1) is 16.6. The number of benzene rings is 1. The number of methoxy groups -OCH3 is 3. The normalized spacial score (nSPS) is 16.7. The minimum atomic E-state index is -0.499. The van der Waals surface area contributed by atoms with Crippen LogP contribution in [0.2, 0.25) is 0 Å². The topological polar surface area (TPSA) is 92.6 Å². The van der Waals surface area contributed by atoms with Crippen LogP contribution in [0.25, 0.3) is 11.5 Å². The molecule has 24 heavy (non-hydrogen) atoms. The second-order valence-corrected chi connectivity index (χ2v) is 6.05. The fourth-order valence-electron chi connectivity index (χ4n) is 3.15. The molecular weight excluding hydrogens is 310 g/mol. The number of rotatable bonds is 5. The molecule has 1 aliphatic carbocycles. The number of hydrogen-bond donors (Lipinski definition) is 1. The van der Waals surface area contributed by atoms with E-state index in [2.05, 4.69) is 10.1 Å². The molecule has 1 fully saturated rings. The molecule has 0 radical (unpaired) electrons. The Balaban J connectivity index is 1.98. The van der Waals surface area contributed by atoms with Crippen molar-refractivity contribution in [1.82, 2.24) is 10.1 Å². The summed E-state index contributed by atoms with van der Waals surface area (Å²) in [5.41, 5.74) is 6.67. The van der Waals surface area contributed by atoms with Crippen LogP contribution in [0, 0.1) is 0 Å². The molecule has 0 amide bonds. The van der Waals surface area contributed by atoms with Gasteiger partial charge in [0, 0.05) is 5.56 Å². The number of ether oxygens (including phenoxy) is 3. The van der Waals surface area contributed by atoms with Gasteiger partial charge in [-0.25, -0.2) is 0 Å². The molecule has 0 saturated heterocycles. The molecule has 1 heterocycles. The predicted molar refractivity (Wildman–Crippen MR) is 88.3 cm³/mol. The Morgan fingerprint density at radius 2 is 1.62 bits per heavy atom.